The summed E-state index contributed by atoms with van der Waals surface area (Å²) in [7, 11) is 6.51. The number of nitrogens with zero attached hydrogens (tertiary/aromatic N) is 3. The Labute approximate surface area is 151 Å². The van der Waals surface area contributed by atoms with Crippen molar-refractivity contribution in [3.8, 4) is 0 Å². The van der Waals surface area contributed by atoms with Crippen molar-refractivity contribution >= 4 is 41.8 Å². The molecule has 2 heterocycles. The van der Waals surface area contributed by atoms with Gasteiger partial charge in [0.25, 0.3) is 0 Å². The van der Waals surface area contributed by atoms with E-state index in [1.807, 2.05) is 10.6 Å². The molecule has 128 valence electrons. The summed E-state index contributed by atoms with van der Waals surface area (Å²) in [5.41, 5.74) is 10.2. The Bertz CT molecular complexity index is 605. The summed E-state index contributed by atoms with van der Waals surface area (Å²) in [6, 6.07) is 4.11. The van der Waals surface area contributed by atoms with Crippen LogP contribution in [-0.2, 0) is 0 Å². The largest absolute Gasteiger partial charge is 1.00 e. The van der Waals surface area contributed by atoms with Crippen LogP contribution >= 0.6 is 24.8 Å². The minimum Gasteiger partial charge on any atom is -1.00 e. The first kappa shape index (κ1) is 23.4. The van der Waals surface area contributed by atoms with Crippen molar-refractivity contribution in [3.63, 3.8) is 0 Å². The van der Waals surface area contributed by atoms with Gasteiger partial charge in [-0.3, -0.25) is 0 Å². The van der Waals surface area contributed by atoms with Crippen LogP contribution in [0.5, 0.6) is 0 Å². The van der Waals surface area contributed by atoms with Gasteiger partial charge in [-0.1, -0.05) is 6.07 Å². The third-order valence-corrected chi connectivity index (χ3v) is 3.41. The molecule has 8 heteroatoms. The Hall–Kier alpha value is -0.880. The van der Waals surface area contributed by atoms with E-state index in [0.29, 0.717) is 0 Å². The first-order valence-corrected chi connectivity index (χ1v) is 6.58. The van der Waals surface area contributed by atoms with E-state index in [1.54, 1.807) is 0 Å². The third kappa shape index (κ3) is 5.09. The van der Waals surface area contributed by atoms with E-state index < -0.39 is 0 Å². The molecular weight excluding hydrogens is 345 g/mol. The molecule has 0 spiro atoms. The van der Waals surface area contributed by atoms with Crippen molar-refractivity contribution in [2.75, 3.05) is 45.3 Å². The molecule has 0 aliphatic heterocycles. The van der Waals surface area contributed by atoms with Crippen molar-refractivity contribution in [2.45, 2.75) is 13.8 Å². The van der Waals surface area contributed by atoms with Crippen LogP contribution in [0.25, 0.3) is 5.52 Å². The Morgan fingerprint density at radius 3 is 2.32 bits per heavy atom. The number of aryl methyl sites for hydroxylation is 2. The second-order valence-electron chi connectivity index (χ2n) is 6.10. The fourth-order valence-corrected chi connectivity index (χ4v) is 1.99. The highest BCUT2D eigenvalue weighted by Gasteiger charge is 2.13. The zero-order valence-corrected chi connectivity index (χ0v) is 16.1. The molecule has 0 unspecified atom stereocenters. The Morgan fingerprint density at radius 2 is 1.77 bits per heavy atom. The number of nitrogens with two attached hydrogens (primary N) is 1. The lowest BCUT2D eigenvalue weighted by Gasteiger charge is -2.23. The molecule has 0 aromatic carbocycles. The minimum atomic E-state index is 0. The molecule has 0 saturated heterocycles. The van der Waals surface area contributed by atoms with E-state index in [4.69, 9.17) is 5.73 Å². The average Bonchev–Trinajstić information content (AvgIpc) is 2.61. The summed E-state index contributed by atoms with van der Waals surface area (Å²) in [6.45, 7) is 6.02. The fraction of sp³-hybridized carbons (Fsp3) is 0.500. The predicted molar refractivity (Wildman–Crippen MR) is 95.0 cm³/mol. The molecule has 2 aromatic heterocycles. The van der Waals surface area contributed by atoms with Crippen molar-refractivity contribution in [2.24, 2.45) is 0 Å². The van der Waals surface area contributed by atoms with E-state index in [-0.39, 0.29) is 37.2 Å². The number of pyridine rings is 1. The summed E-state index contributed by atoms with van der Waals surface area (Å²) in [5, 5.41) is 7.90. The fourth-order valence-electron chi connectivity index (χ4n) is 1.99. The Balaban J connectivity index is 0. The molecular formula is C14H26Cl3N5. The number of nitrogen functional groups attached to an aromatic ring is 1. The van der Waals surface area contributed by atoms with Gasteiger partial charge in [0.05, 0.1) is 39.7 Å². The number of hydrogen-bond acceptors (Lipinski definition) is 3. The number of halogens is 3. The number of anilines is 2. The molecule has 0 bridgehead atoms. The minimum absolute atomic E-state index is 0. The van der Waals surface area contributed by atoms with E-state index in [0.717, 1.165) is 40.3 Å². The number of quaternary nitrogens is 1. The van der Waals surface area contributed by atoms with Crippen molar-refractivity contribution < 1.29 is 16.9 Å². The SMILES string of the molecule is Cc1ccc2c(N)c(NCC[N+](C)(C)C)nn2c1C.Cl.Cl.[Cl-]. The van der Waals surface area contributed by atoms with E-state index in [9.17, 15) is 0 Å². The van der Waals surface area contributed by atoms with Crippen LogP contribution in [0.3, 0.4) is 0 Å². The first-order chi connectivity index (χ1) is 8.79. The smallest absolute Gasteiger partial charge is 0.172 e. The van der Waals surface area contributed by atoms with Crippen LogP contribution in [0.2, 0.25) is 0 Å². The summed E-state index contributed by atoms with van der Waals surface area (Å²) in [4.78, 5) is 0. The maximum absolute atomic E-state index is 6.16. The van der Waals surface area contributed by atoms with Crippen molar-refractivity contribution in [3.05, 3.63) is 23.4 Å². The van der Waals surface area contributed by atoms with Gasteiger partial charge in [-0.05, 0) is 25.5 Å². The van der Waals surface area contributed by atoms with Gasteiger partial charge >= 0.3 is 0 Å². The van der Waals surface area contributed by atoms with Gasteiger partial charge in [-0.25, -0.2) is 4.52 Å². The maximum Gasteiger partial charge on any atom is 0.172 e. The van der Waals surface area contributed by atoms with Crippen molar-refractivity contribution in [1.29, 1.82) is 0 Å². The lowest BCUT2D eigenvalue weighted by atomic mass is 10.2. The standard InChI is InChI=1S/C14H24N5.3ClH/c1-10-6-7-12-13(15)14(17-18(12)11(10)2)16-8-9-19(3,4)5;;;/h6-7H,8-9,15H2,1-5H3,(H,16,17);3*1H/q+1;;;/p-1. The van der Waals surface area contributed by atoms with Gasteiger partial charge < -0.3 is 27.9 Å². The molecule has 0 aliphatic rings. The summed E-state index contributed by atoms with van der Waals surface area (Å²) in [5.74, 6) is 0.780. The zero-order valence-electron chi connectivity index (χ0n) is 13.7. The number of rotatable bonds is 4. The molecule has 0 amide bonds. The molecule has 0 atom stereocenters. The van der Waals surface area contributed by atoms with E-state index in [2.05, 4.69) is 51.5 Å². The molecule has 0 radical (unpaired) electrons. The first-order valence-electron chi connectivity index (χ1n) is 6.58. The van der Waals surface area contributed by atoms with Gasteiger partial charge in [-0.2, -0.15) is 0 Å². The van der Waals surface area contributed by atoms with Gasteiger partial charge in [0.1, 0.15) is 5.69 Å². The maximum atomic E-state index is 6.16. The number of hydrogen-bond donors (Lipinski definition) is 2. The molecule has 3 N–H and O–H groups in total. The zero-order chi connectivity index (χ0) is 14.2. The monoisotopic (exact) mass is 369 g/mol. The summed E-state index contributed by atoms with van der Waals surface area (Å²) in [6.07, 6.45) is 0. The highest BCUT2D eigenvalue weighted by Crippen LogP contribution is 2.24. The molecule has 0 saturated carbocycles. The van der Waals surface area contributed by atoms with Crippen molar-refractivity contribution in [1.82, 2.24) is 9.61 Å². The van der Waals surface area contributed by atoms with Gasteiger partial charge in [0, 0.05) is 5.69 Å². The summed E-state index contributed by atoms with van der Waals surface area (Å²) >= 11 is 0. The molecule has 5 nitrogen and oxygen atoms in total. The predicted octanol–water partition coefficient (Wildman–Crippen LogP) is -0.501. The van der Waals surface area contributed by atoms with Gasteiger partial charge in [-0.15, -0.1) is 29.9 Å². The lowest BCUT2D eigenvalue weighted by molar-refractivity contribution is -0.868. The average molecular weight is 371 g/mol. The second kappa shape index (κ2) is 8.67. The molecule has 0 fully saturated rings. The lowest BCUT2D eigenvalue weighted by Crippen LogP contribution is -3.00. The molecule has 22 heavy (non-hydrogen) atoms. The number of fused-ring (bicyclic) bond motifs is 1. The highest BCUT2D eigenvalue weighted by molar-refractivity contribution is 5.85. The third-order valence-electron chi connectivity index (χ3n) is 3.41. The van der Waals surface area contributed by atoms with Crippen LogP contribution in [0.4, 0.5) is 11.5 Å². The number of aromatic nitrogens is 2. The van der Waals surface area contributed by atoms with Crippen LogP contribution in [0, 0.1) is 13.8 Å². The quantitative estimate of drug-likeness (QED) is 0.714. The van der Waals surface area contributed by atoms with Crippen LogP contribution < -0.4 is 23.5 Å². The van der Waals surface area contributed by atoms with E-state index >= 15 is 0 Å². The van der Waals surface area contributed by atoms with Crippen LogP contribution in [0.15, 0.2) is 12.1 Å². The van der Waals surface area contributed by atoms with Gasteiger partial charge in [0.2, 0.25) is 0 Å². The molecule has 2 aromatic rings. The second-order valence-corrected chi connectivity index (χ2v) is 6.10. The highest BCUT2D eigenvalue weighted by atomic mass is 35.5. The van der Waals surface area contributed by atoms with Crippen LogP contribution in [-0.4, -0.2) is 48.3 Å². The normalized spacial score (nSPS) is 10.4. The van der Waals surface area contributed by atoms with E-state index in [1.165, 1.54) is 5.56 Å². The molecule has 2 rings (SSSR count). The Morgan fingerprint density at radius 1 is 1.18 bits per heavy atom. The summed E-state index contributed by atoms with van der Waals surface area (Å²) < 4.78 is 2.83. The molecule has 0 aliphatic carbocycles. The van der Waals surface area contributed by atoms with Crippen LogP contribution in [0.1, 0.15) is 11.3 Å². The number of likely N-dealkylation sites (N-methyl/N-ethyl adjacent to an activating group) is 1. The Kier molecular flexibility index (Phi) is 9.22. The number of nitrogens with one attached hydrogen (secondary N) is 1. The van der Waals surface area contributed by atoms with Gasteiger partial charge in [0.15, 0.2) is 5.82 Å². The topological polar surface area (TPSA) is 55.3 Å².